The summed E-state index contributed by atoms with van der Waals surface area (Å²) in [4.78, 5) is 24.5. The Kier molecular flexibility index (Phi) is 1.87. The molecule has 0 bridgehead atoms. The molecule has 4 rings (SSSR count). The van der Waals surface area contributed by atoms with Crippen LogP contribution >= 0.6 is 0 Å². The van der Waals surface area contributed by atoms with E-state index in [-0.39, 0.29) is 5.78 Å². The zero-order valence-corrected chi connectivity index (χ0v) is 10.3. The first kappa shape index (κ1) is 11.0. The summed E-state index contributed by atoms with van der Waals surface area (Å²) in [5.41, 5.74) is 7.31. The quantitative estimate of drug-likeness (QED) is 0.582. The lowest BCUT2D eigenvalue weighted by molar-refractivity contribution is -0.0978. The lowest BCUT2D eigenvalue weighted by atomic mass is 9.97. The van der Waals surface area contributed by atoms with E-state index in [2.05, 4.69) is 0 Å². The minimum Gasteiger partial charge on any atom is -0.441 e. The highest BCUT2D eigenvalue weighted by atomic mass is 16.7. The molecule has 1 spiro atoms. The number of hydrogen-bond donors (Lipinski definition) is 1. The van der Waals surface area contributed by atoms with Crippen LogP contribution in [0, 0.1) is 0 Å². The van der Waals surface area contributed by atoms with Gasteiger partial charge in [-0.1, -0.05) is 12.1 Å². The smallest absolute Gasteiger partial charge is 0.347 e. The van der Waals surface area contributed by atoms with E-state index in [0.717, 1.165) is 0 Å². The highest BCUT2D eigenvalue weighted by molar-refractivity contribution is 6.12. The summed E-state index contributed by atoms with van der Waals surface area (Å²) in [6, 6.07) is 11.5. The summed E-state index contributed by atoms with van der Waals surface area (Å²) >= 11 is 0. The number of anilines is 1. The molecular weight excluding hydrogens is 258 g/mol. The highest BCUT2D eigenvalue weighted by Gasteiger charge is 2.58. The molecule has 1 unspecified atom stereocenters. The Hall–Kier alpha value is -2.82. The number of nitrogens with two attached hydrogens (primary N) is 1. The average Bonchev–Trinajstić information content (AvgIpc) is 2.87. The second-order valence-corrected chi connectivity index (χ2v) is 4.74. The number of fused-ring (bicyclic) bond motifs is 3. The first-order valence-electron chi connectivity index (χ1n) is 6.08. The third-order valence-corrected chi connectivity index (χ3v) is 3.54. The van der Waals surface area contributed by atoms with Crippen molar-refractivity contribution in [3.63, 3.8) is 0 Å². The van der Waals surface area contributed by atoms with Crippen molar-refractivity contribution >= 4 is 17.4 Å². The Morgan fingerprint density at radius 2 is 1.75 bits per heavy atom. The monoisotopic (exact) mass is 267 g/mol. The van der Waals surface area contributed by atoms with Gasteiger partial charge >= 0.3 is 11.8 Å². The van der Waals surface area contributed by atoms with Gasteiger partial charge in [-0.2, -0.15) is 0 Å². The lowest BCUT2D eigenvalue weighted by Gasteiger charge is -2.20. The second kappa shape index (κ2) is 3.39. The van der Waals surface area contributed by atoms with Crippen LogP contribution in [0.25, 0.3) is 0 Å². The summed E-state index contributed by atoms with van der Waals surface area (Å²) in [6.45, 7) is 0. The molecule has 0 aromatic heterocycles. The Bertz CT molecular complexity index is 783. The molecule has 2 aromatic rings. The van der Waals surface area contributed by atoms with Crippen LogP contribution in [0.4, 0.5) is 5.69 Å². The van der Waals surface area contributed by atoms with Gasteiger partial charge in [-0.15, -0.1) is 0 Å². The molecule has 0 aliphatic carbocycles. The van der Waals surface area contributed by atoms with Crippen molar-refractivity contribution in [2.45, 2.75) is 5.79 Å². The summed E-state index contributed by atoms with van der Waals surface area (Å²) in [5, 5.41) is 0. The topological polar surface area (TPSA) is 78.6 Å². The third kappa shape index (κ3) is 1.17. The molecule has 2 heterocycles. The molecule has 5 heteroatoms. The molecule has 0 radical (unpaired) electrons. The minimum atomic E-state index is -1.69. The van der Waals surface area contributed by atoms with Crippen molar-refractivity contribution < 1.29 is 19.1 Å². The molecule has 98 valence electrons. The van der Waals surface area contributed by atoms with Crippen LogP contribution in [-0.4, -0.2) is 11.8 Å². The standard InChI is InChI=1S/C15H9NO4/c16-8-5-6-10-12(7-8)19-15(13(10)17)11-4-2-1-3-9(11)14(18)20-15/h1-7H,16H2. The summed E-state index contributed by atoms with van der Waals surface area (Å²) in [7, 11) is 0. The van der Waals surface area contributed by atoms with E-state index in [1.165, 1.54) is 0 Å². The summed E-state index contributed by atoms with van der Waals surface area (Å²) < 4.78 is 10.9. The Morgan fingerprint density at radius 1 is 0.950 bits per heavy atom. The molecule has 0 saturated heterocycles. The van der Waals surface area contributed by atoms with E-state index in [4.69, 9.17) is 15.2 Å². The number of carbonyl (C=O) groups excluding carboxylic acids is 2. The molecule has 5 nitrogen and oxygen atoms in total. The van der Waals surface area contributed by atoms with Crippen LogP contribution in [0.5, 0.6) is 5.75 Å². The fraction of sp³-hybridized carbons (Fsp3) is 0.0667. The van der Waals surface area contributed by atoms with Gasteiger partial charge in [0.1, 0.15) is 5.75 Å². The largest absolute Gasteiger partial charge is 0.441 e. The molecule has 0 amide bonds. The molecule has 2 aliphatic rings. The maximum absolute atomic E-state index is 12.6. The molecular formula is C15H9NO4. The maximum atomic E-state index is 12.6. The highest BCUT2D eigenvalue weighted by Crippen LogP contribution is 2.47. The number of hydrogen-bond acceptors (Lipinski definition) is 5. The molecule has 2 aromatic carbocycles. The van der Waals surface area contributed by atoms with Crippen LogP contribution in [-0.2, 0) is 10.5 Å². The predicted molar refractivity (Wildman–Crippen MR) is 69.3 cm³/mol. The van der Waals surface area contributed by atoms with Gasteiger partial charge in [0.15, 0.2) is 0 Å². The van der Waals surface area contributed by atoms with Crippen LogP contribution in [0.1, 0.15) is 26.3 Å². The van der Waals surface area contributed by atoms with Crippen LogP contribution < -0.4 is 10.5 Å². The van der Waals surface area contributed by atoms with E-state index >= 15 is 0 Å². The van der Waals surface area contributed by atoms with Crippen molar-refractivity contribution in [2.75, 3.05) is 5.73 Å². The van der Waals surface area contributed by atoms with E-state index < -0.39 is 11.8 Å². The van der Waals surface area contributed by atoms with Gasteiger partial charge in [-0.25, -0.2) is 4.79 Å². The SMILES string of the molecule is Nc1ccc2c(c1)OC1(OC(=O)c3ccccc31)C2=O. The zero-order chi connectivity index (χ0) is 13.9. The number of nitrogen functional groups attached to an aromatic ring is 1. The van der Waals surface area contributed by atoms with Gasteiger partial charge in [0.25, 0.3) is 5.78 Å². The van der Waals surface area contributed by atoms with E-state index in [0.29, 0.717) is 28.1 Å². The Balaban J connectivity index is 1.94. The number of ketones is 1. The van der Waals surface area contributed by atoms with E-state index in [9.17, 15) is 9.59 Å². The molecule has 2 N–H and O–H groups in total. The first-order valence-corrected chi connectivity index (χ1v) is 6.08. The number of benzene rings is 2. The number of Topliss-reactive ketones (excluding diaryl/α,β-unsaturated/α-hetero) is 1. The first-order chi connectivity index (χ1) is 9.62. The van der Waals surface area contributed by atoms with Crippen LogP contribution in [0.3, 0.4) is 0 Å². The van der Waals surface area contributed by atoms with Gasteiger partial charge < -0.3 is 15.2 Å². The van der Waals surface area contributed by atoms with Gasteiger partial charge in [0.2, 0.25) is 0 Å². The number of rotatable bonds is 0. The summed E-state index contributed by atoms with van der Waals surface area (Å²) in [5.74, 6) is -2.30. The molecule has 20 heavy (non-hydrogen) atoms. The zero-order valence-electron chi connectivity index (χ0n) is 10.3. The van der Waals surface area contributed by atoms with E-state index in [1.807, 2.05) is 0 Å². The van der Waals surface area contributed by atoms with Crippen molar-refractivity contribution in [1.29, 1.82) is 0 Å². The van der Waals surface area contributed by atoms with Crippen LogP contribution in [0.15, 0.2) is 42.5 Å². The molecule has 0 saturated carbocycles. The summed E-state index contributed by atoms with van der Waals surface area (Å²) in [6.07, 6.45) is 0. The molecule has 2 aliphatic heterocycles. The molecule has 1 atom stereocenters. The van der Waals surface area contributed by atoms with Gasteiger partial charge in [-0.05, 0) is 24.3 Å². The van der Waals surface area contributed by atoms with Crippen molar-refractivity contribution in [3.8, 4) is 5.75 Å². The minimum absolute atomic E-state index is 0.333. The lowest BCUT2D eigenvalue weighted by Crippen LogP contribution is -2.37. The van der Waals surface area contributed by atoms with Crippen molar-refractivity contribution in [1.82, 2.24) is 0 Å². The Morgan fingerprint density at radius 3 is 2.60 bits per heavy atom. The number of carbonyl (C=O) groups is 2. The number of esters is 1. The van der Waals surface area contributed by atoms with Crippen molar-refractivity contribution in [3.05, 3.63) is 59.2 Å². The van der Waals surface area contributed by atoms with Crippen molar-refractivity contribution in [2.24, 2.45) is 0 Å². The predicted octanol–water partition coefficient (Wildman–Crippen LogP) is 1.87. The maximum Gasteiger partial charge on any atom is 0.347 e. The van der Waals surface area contributed by atoms with E-state index in [1.54, 1.807) is 42.5 Å². The van der Waals surface area contributed by atoms with Gasteiger partial charge in [0, 0.05) is 11.8 Å². The van der Waals surface area contributed by atoms with Gasteiger partial charge in [-0.3, -0.25) is 4.79 Å². The average molecular weight is 267 g/mol. The van der Waals surface area contributed by atoms with Crippen LogP contribution in [0.2, 0.25) is 0 Å². The molecule has 0 fully saturated rings. The second-order valence-electron chi connectivity index (χ2n) is 4.74. The fourth-order valence-corrected chi connectivity index (χ4v) is 2.62. The normalized spacial score (nSPS) is 22.4. The Labute approximate surface area is 113 Å². The third-order valence-electron chi connectivity index (χ3n) is 3.54. The van der Waals surface area contributed by atoms with Gasteiger partial charge in [0.05, 0.1) is 16.7 Å². The number of ether oxygens (including phenoxy) is 2. The fourth-order valence-electron chi connectivity index (χ4n) is 2.62.